The maximum atomic E-state index is 5.85. The monoisotopic (exact) mass is 259 g/mol. The van der Waals surface area contributed by atoms with E-state index in [1.54, 1.807) is 14.2 Å². The van der Waals surface area contributed by atoms with E-state index in [2.05, 4.69) is 6.92 Å². The number of methoxy groups -OCH3 is 2. The molecular formula is C15H33NO2. The molecule has 110 valence electrons. The first kappa shape index (κ1) is 17.9. The molecule has 0 aliphatic carbocycles. The molecule has 0 rings (SSSR count). The van der Waals surface area contributed by atoms with Gasteiger partial charge in [-0.25, -0.2) is 0 Å². The van der Waals surface area contributed by atoms with Crippen LogP contribution in [0.1, 0.15) is 71.6 Å². The predicted octanol–water partition coefficient (Wildman–Crippen LogP) is 3.85. The zero-order chi connectivity index (χ0) is 13.9. The summed E-state index contributed by atoms with van der Waals surface area (Å²) in [5, 5.41) is 0. The fourth-order valence-electron chi connectivity index (χ4n) is 2.40. The molecule has 3 nitrogen and oxygen atoms in total. The minimum absolute atomic E-state index is 0.106. The molecule has 1 unspecified atom stereocenters. The van der Waals surface area contributed by atoms with Gasteiger partial charge in [0.15, 0.2) is 5.79 Å². The van der Waals surface area contributed by atoms with Gasteiger partial charge in [0.2, 0.25) is 0 Å². The van der Waals surface area contributed by atoms with E-state index in [9.17, 15) is 0 Å². The minimum atomic E-state index is -0.475. The Kier molecular flexibility index (Phi) is 10.7. The molecule has 0 fully saturated rings. The number of ether oxygens (including phenoxy) is 2. The lowest BCUT2D eigenvalue weighted by atomic mass is 9.99. The summed E-state index contributed by atoms with van der Waals surface area (Å²) in [6.07, 6.45) is 10.8. The van der Waals surface area contributed by atoms with Crippen molar-refractivity contribution in [2.45, 2.75) is 83.5 Å². The summed E-state index contributed by atoms with van der Waals surface area (Å²) >= 11 is 0. The first-order valence-corrected chi connectivity index (χ1v) is 7.46. The first-order valence-electron chi connectivity index (χ1n) is 7.46. The summed E-state index contributed by atoms with van der Waals surface area (Å²) in [5.41, 5.74) is 5.85. The number of hydrogen-bond donors (Lipinski definition) is 1. The van der Waals surface area contributed by atoms with Crippen molar-refractivity contribution >= 4 is 0 Å². The van der Waals surface area contributed by atoms with Gasteiger partial charge < -0.3 is 15.2 Å². The van der Waals surface area contributed by atoms with Crippen molar-refractivity contribution in [3.05, 3.63) is 0 Å². The first-order chi connectivity index (χ1) is 8.60. The summed E-state index contributed by atoms with van der Waals surface area (Å²) in [6.45, 7) is 4.25. The largest absolute Gasteiger partial charge is 0.353 e. The number of hydrogen-bond acceptors (Lipinski definition) is 3. The van der Waals surface area contributed by atoms with Crippen molar-refractivity contribution in [3.63, 3.8) is 0 Å². The normalized spacial score (nSPS) is 13.8. The molecule has 0 bridgehead atoms. The molecule has 0 aromatic carbocycles. The fourth-order valence-corrected chi connectivity index (χ4v) is 2.40. The summed E-state index contributed by atoms with van der Waals surface area (Å²) in [4.78, 5) is 0. The lowest BCUT2D eigenvalue weighted by Crippen LogP contribution is -2.39. The Labute approximate surface area is 113 Å². The van der Waals surface area contributed by atoms with Crippen LogP contribution in [0.3, 0.4) is 0 Å². The third kappa shape index (κ3) is 8.06. The van der Waals surface area contributed by atoms with Crippen LogP contribution in [0.4, 0.5) is 0 Å². The van der Waals surface area contributed by atoms with Crippen LogP contribution in [0.25, 0.3) is 0 Å². The minimum Gasteiger partial charge on any atom is -0.353 e. The summed E-state index contributed by atoms with van der Waals surface area (Å²) in [7, 11) is 3.43. The number of unbranched alkanes of at least 4 members (excludes halogenated alkanes) is 6. The average molecular weight is 259 g/mol. The van der Waals surface area contributed by atoms with Gasteiger partial charge in [-0.3, -0.25) is 0 Å². The molecule has 0 saturated carbocycles. The van der Waals surface area contributed by atoms with Gasteiger partial charge in [0.05, 0.1) is 0 Å². The van der Waals surface area contributed by atoms with E-state index < -0.39 is 5.79 Å². The molecule has 18 heavy (non-hydrogen) atoms. The van der Waals surface area contributed by atoms with Crippen molar-refractivity contribution < 1.29 is 9.47 Å². The molecule has 0 aromatic rings. The van der Waals surface area contributed by atoms with Crippen molar-refractivity contribution in [2.75, 3.05) is 14.2 Å². The molecule has 0 amide bonds. The third-order valence-corrected chi connectivity index (χ3v) is 3.54. The molecule has 2 N–H and O–H groups in total. The van der Waals surface area contributed by atoms with E-state index in [0.29, 0.717) is 0 Å². The maximum absolute atomic E-state index is 5.85. The second-order valence-corrected chi connectivity index (χ2v) is 5.37. The van der Waals surface area contributed by atoms with Crippen molar-refractivity contribution in [2.24, 2.45) is 5.73 Å². The Hall–Kier alpha value is -0.120. The van der Waals surface area contributed by atoms with Crippen LogP contribution in [-0.4, -0.2) is 26.0 Å². The lowest BCUT2D eigenvalue weighted by Gasteiger charge is -2.32. The smallest absolute Gasteiger partial charge is 0.168 e. The average Bonchev–Trinajstić information content (AvgIpc) is 2.36. The van der Waals surface area contributed by atoms with E-state index in [1.165, 1.54) is 38.5 Å². The Morgan fingerprint density at radius 1 is 0.944 bits per heavy atom. The number of rotatable bonds is 12. The Morgan fingerprint density at radius 2 is 1.44 bits per heavy atom. The third-order valence-electron chi connectivity index (χ3n) is 3.54. The van der Waals surface area contributed by atoms with Gasteiger partial charge in [-0.05, 0) is 13.3 Å². The van der Waals surface area contributed by atoms with Crippen LogP contribution in [0.5, 0.6) is 0 Å². The van der Waals surface area contributed by atoms with Crippen molar-refractivity contribution in [1.29, 1.82) is 0 Å². The van der Waals surface area contributed by atoms with Crippen LogP contribution in [0, 0.1) is 0 Å². The number of nitrogens with two attached hydrogens (primary N) is 1. The molecular weight excluding hydrogens is 226 g/mol. The zero-order valence-corrected chi connectivity index (χ0v) is 12.8. The van der Waals surface area contributed by atoms with E-state index >= 15 is 0 Å². The standard InChI is InChI=1S/C15H33NO2/c1-5-6-7-8-9-10-11-12-15(17-3,18-4)13-14(2)16/h14H,5-13,16H2,1-4H3. The predicted molar refractivity (Wildman–Crippen MR) is 77.6 cm³/mol. The van der Waals surface area contributed by atoms with Crippen LogP contribution in [-0.2, 0) is 9.47 Å². The quantitative estimate of drug-likeness (QED) is 0.427. The van der Waals surface area contributed by atoms with Crippen LogP contribution in [0.2, 0.25) is 0 Å². The van der Waals surface area contributed by atoms with E-state index in [0.717, 1.165) is 19.3 Å². The molecule has 0 heterocycles. The second kappa shape index (κ2) is 10.8. The van der Waals surface area contributed by atoms with Gasteiger partial charge >= 0.3 is 0 Å². The van der Waals surface area contributed by atoms with E-state index in [-0.39, 0.29) is 6.04 Å². The molecule has 0 aliphatic rings. The highest BCUT2D eigenvalue weighted by Gasteiger charge is 2.29. The van der Waals surface area contributed by atoms with Gasteiger partial charge in [-0.2, -0.15) is 0 Å². The highest BCUT2D eigenvalue weighted by molar-refractivity contribution is 4.74. The lowest BCUT2D eigenvalue weighted by molar-refractivity contribution is -0.217. The molecule has 0 spiro atoms. The van der Waals surface area contributed by atoms with Gasteiger partial charge in [-0.15, -0.1) is 0 Å². The van der Waals surface area contributed by atoms with Crippen molar-refractivity contribution in [3.8, 4) is 0 Å². The summed E-state index contributed by atoms with van der Waals surface area (Å²) < 4.78 is 11.1. The highest BCUT2D eigenvalue weighted by atomic mass is 16.7. The van der Waals surface area contributed by atoms with Crippen LogP contribution >= 0.6 is 0 Å². The van der Waals surface area contributed by atoms with E-state index in [4.69, 9.17) is 15.2 Å². The Balaban J connectivity index is 3.76. The van der Waals surface area contributed by atoms with Gasteiger partial charge in [-0.1, -0.05) is 45.4 Å². The van der Waals surface area contributed by atoms with Crippen molar-refractivity contribution in [1.82, 2.24) is 0 Å². The van der Waals surface area contributed by atoms with E-state index in [1.807, 2.05) is 6.92 Å². The molecule has 0 radical (unpaired) electrons. The second-order valence-electron chi connectivity index (χ2n) is 5.37. The zero-order valence-electron chi connectivity index (χ0n) is 12.8. The molecule has 3 heteroatoms. The highest BCUT2D eigenvalue weighted by Crippen LogP contribution is 2.25. The maximum Gasteiger partial charge on any atom is 0.168 e. The molecule has 0 aliphatic heterocycles. The SMILES string of the molecule is CCCCCCCCCC(CC(C)N)(OC)OC. The fraction of sp³-hybridized carbons (Fsp3) is 1.00. The van der Waals surface area contributed by atoms with Crippen LogP contribution in [0.15, 0.2) is 0 Å². The van der Waals surface area contributed by atoms with Gasteiger partial charge in [0.1, 0.15) is 0 Å². The van der Waals surface area contributed by atoms with Gasteiger partial charge in [0, 0.05) is 33.1 Å². The molecule has 1 atom stereocenters. The molecule has 0 saturated heterocycles. The van der Waals surface area contributed by atoms with Crippen LogP contribution < -0.4 is 5.73 Å². The topological polar surface area (TPSA) is 44.5 Å². The molecule has 0 aromatic heterocycles. The Morgan fingerprint density at radius 3 is 1.89 bits per heavy atom. The Bertz CT molecular complexity index is 179. The van der Waals surface area contributed by atoms with Gasteiger partial charge in [0.25, 0.3) is 0 Å². The summed E-state index contributed by atoms with van der Waals surface area (Å²) in [5.74, 6) is -0.475. The summed E-state index contributed by atoms with van der Waals surface area (Å²) in [6, 6.07) is 0.106.